The predicted molar refractivity (Wildman–Crippen MR) is 118 cm³/mol. The highest BCUT2D eigenvalue weighted by molar-refractivity contribution is 7.22. The Kier molecular flexibility index (Phi) is 5.94. The number of thiazole rings is 1. The number of hydrogen-bond acceptors (Lipinski definition) is 6. The van der Waals surface area contributed by atoms with Gasteiger partial charge in [0.1, 0.15) is 11.5 Å². The maximum atomic E-state index is 13.4. The third-order valence-electron chi connectivity index (χ3n) is 4.58. The van der Waals surface area contributed by atoms with E-state index in [-0.39, 0.29) is 5.91 Å². The van der Waals surface area contributed by atoms with Crippen LogP contribution in [-0.2, 0) is 6.54 Å². The smallest absolute Gasteiger partial charge is 0.260 e. The quantitative estimate of drug-likeness (QED) is 0.425. The van der Waals surface area contributed by atoms with Gasteiger partial charge >= 0.3 is 0 Å². The van der Waals surface area contributed by atoms with Gasteiger partial charge in [0, 0.05) is 24.5 Å². The van der Waals surface area contributed by atoms with Crippen molar-refractivity contribution in [1.82, 2.24) is 14.8 Å². The first-order chi connectivity index (χ1) is 14.7. The molecule has 7 nitrogen and oxygen atoms in total. The van der Waals surface area contributed by atoms with Gasteiger partial charge in [-0.25, -0.2) is 4.98 Å². The molecular weight excluding hydrogens is 400 g/mol. The van der Waals surface area contributed by atoms with Crippen molar-refractivity contribution in [3.8, 4) is 11.5 Å². The molecule has 2 aromatic heterocycles. The predicted octanol–water partition coefficient (Wildman–Crippen LogP) is 4.25. The Morgan fingerprint density at radius 2 is 1.97 bits per heavy atom. The van der Waals surface area contributed by atoms with Gasteiger partial charge in [0.15, 0.2) is 5.13 Å². The average molecular weight is 423 g/mol. The van der Waals surface area contributed by atoms with Gasteiger partial charge in [-0.3, -0.25) is 14.4 Å². The van der Waals surface area contributed by atoms with E-state index < -0.39 is 0 Å². The first-order valence-electron chi connectivity index (χ1n) is 9.64. The number of carbonyl (C=O) groups is 1. The SMILES string of the molecule is CCOc1ccc(C(=O)N(CCn2cccn2)c2nc3ccc(OC)cc3s2)cc1. The summed E-state index contributed by atoms with van der Waals surface area (Å²) in [6.07, 6.45) is 3.60. The van der Waals surface area contributed by atoms with Crippen LogP contribution >= 0.6 is 11.3 Å². The van der Waals surface area contributed by atoms with Gasteiger partial charge in [0.2, 0.25) is 0 Å². The maximum Gasteiger partial charge on any atom is 0.260 e. The number of fused-ring (bicyclic) bond motifs is 1. The van der Waals surface area contributed by atoms with E-state index >= 15 is 0 Å². The maximum absolute atomic E-state index is 13.4. The lowest BCUT2D eigenvalue weighted by Gasteiger charge is -2.20. The van der Waals surface area contributed by atoms with Crippen molar-refractivity contribution >= 4 is 32.6 Å². The van der Waals surface area contributed by atoms with Crippen molar-refractivity contribution < 1.29 is 14.3 Å². The molecule has 0 N–H and O–H groups in total. The molecule has 0 fully saturated rings. The number of amides is 1. The van der Waals surface area contributed by atoms with Crippen molar-refractivity contribution in [1.29, 1.82) is 0 Å². The number of ether oxygens (including phenoxy) is 2. The molecule has 0 aliphatic carbocycles. The Labute approximate surface area is 178 Å². The monoisotopic (exact) mass is 422 g/mol. The largest absolute Gasteiger partial charge is 0.497 e. The molecule has 0 atom stereocenters. The van der Waals surface area contributed by atoms with E-state index in [1.807, 2.05) is 49.5 Å². The number of aromatic nitrogens is 3. The van der Waals surface area contributed by atoms with E-state index in [2.05, 4.69) is 5.10 Å². The normalized spacial score (nSPS) is 10.9. The summed E-state index contributed by atoms with van der Waals surface area (Å²) >= 11 is 1.47. The van der Waals surface area contributed by atoms with E-state index in [1.54, 1.807) is 35.0 Å². The number of benzene rings is 2. The zero-order chi connectivity index (χ0) is 20.9. The van der Waals surface area contributed by atoms with Crippen LogP contribution in [0.1, 0.15) is 17.3 Å². The zero-order valence-electron chi connectivity index (χ0n) is 16.8. The summed E-state index contributed by atoms with van der Waals surface area (Å²) in [5, 5.41) is 4.88. The summed E-state index contributed by atoms with van der Waals surface area (Å²) in [7, 11) is 1.63. The van der Waals surface area contributed by atoms with Crippen molar-refractivity contribution in [2.45, 2.75) is 13.5 Å². The Morgan fingerprint density at radius 3 is 2.67 bits per heavy atom. The van der Waals surface area contributed by atoms with Crippen molar-refractivity contribution in [3.63, 3.8) is 0 Å². The molecule has 2 heterocycles. The Bertz CT molecular complexity index is 1120. The fourth-order valence-electron chi connectivity index (χ4n) is 3.07. The Balaban J connectivity index is 1.65. The minimum Gasteiger partial charge on any atom is -0.497 e. The van der Waals surface area contributed by atoms with Crippen LogP contribution in [-0.4, -0.2) is 40.9 Å². The number of anilines is 1. The van der Waals surface area contributed by atoms with Crippen LogP contribution in [0.2, 0.25) is 0 Å². The van der Waals surface area contributed by atoms with Crippen LogP contribution in [0.5, 0.6) is 11.5 Å². The summed E-state index contributed by atoms with van der Waals surface area (Å²) in [6, 6.07) is 14.8. The molecule has 0 aliphatic rings. The fraction of sp³-hybridized carbons (Fsp3) is 0.227. The van der Waals surface area contributed by atoms with Crippen molar-refractivity contribution in [2.75, 3.05) is 25.2 Å². The molecule has 8 heteroatoms. The number of rotatable bonds is 8. The second-order valence-corrected chi connectivity index (χ2v) is 7.52. The molecule has 4 aromatic rings. The average Bonchev–Trinajstić information content (AvgIpc) is 3.43. The summed E-state index contributed by atoms with van der Waals surface area (Å²) in [6.45, 7) is 3.52. The van der Waals surface area contributed by atoms with Gasteiger partial charge in [-0.2, -0.15) is 5.10 Å². The molecule has 2 aromatic carbocycles. The van der Waals surface area contributed by atoms with Crippen LogP contribution in [0.15, 0.2) is 60.9 Å². The van der Waals surface area contributed by atoms with E-state index in [9.17, 15) is 4.79 Å². The fourth-order valence-corrected chi connectivity index (χ4v) is 4.09. The molecule has 0 unspecified atom stereocenters. The molecule has 30 heavy (non-hydrogen) atoms. The number of hydrogen-bond donors (Lipinski definition) is 0. The van der Waals surface area contributed by atoms with Crippen LogP contribution in [0.4, 0.5) is 5.13 Å². The Hall–Kier alpha value is -3.39. The van der Waals surface area contributed by atoms with Gasteiger partial charge in [-0.05, 0) is 55.5 Å². The minimum absolute atomic E-state index is 0.115. The van der Waals surface area contributed by atoms with Crippen molar-refractivity contribution in [2.24, 2.45) is 0 Å². The lowest BCUT2D eigenvalue weighted by atomic mass is 10.2. The van der Waals surface area contributed by atoms with Crippen LogP contribution < -0.4 is 14.4 Å². The third-order valence-corrected chi connectivity index (χ3v) is 5.63. The summed E-state index contributed by atoms with van der Waals surface area (Å²) in [5.41, 5.74) is 1.41. The molecule has 0 aliphatic heterocycles. The highest BCUT2D eigenvalue weighted by Crippen LogP contribution is 2.32. The van der Waals surface area contributed by atoms with E-state index in [0.29, 0.717) is 30.4 Å². The third kappa shape index (κ3) is 4.28. The minimum atomic E-state index is -0.115. The van der Waals surface area contributed by atoms with Gasteiger partial charge in [0.25, 0.3) is 5.91 Å². The topological polar surface area (TPSA) is 69.5 Å². The van der Waals surface area contributed by atoms with Gasteiger partial charge < -0.3 is 9.47 Å². The lowest BCUT2D eigenvalue weighted by Crippen LogP contribution is -2.34. The highest BCUT2D eigenvalue weighted by Gasteiger charge is 2.21. The molecule has 0 saturated heterocycles. The number of nitrogens with zero attached hydrogens (tertiary/aromatic N) is 4. The molecule has 1 amide bonds. The molecule has 4 rings (SSSR count). The van der Waals surface area contributed by atoms with E-state index in [4.69, 9.17) is 14.5 Å². The van der Waals surface area contributed by atoms with E-state index in [1.165, 1.54) is 11.3 Å². The number of methoxy groups -OCH3 is 1. The van der Waals surface area contributed by atoms with Crippen molar-refractivity contribution in [3.05, 3.63) is 66.5 Å². The first kappa shape index (κ1) is 19.9. The van der Waals surface area contributed by atoms with E-state index in [0.717, 1.165) is 21.7 Å². The molecule has 0 radical (unpaired) electrons. The van der Waals surface area contributed by atoms with Crippen LogP contribution in [0.25, 0.3) is 10.2 Å². The zero-order valence-corrected chi connectivity index (χ0v) is 17.6. The summed E-state index contributed by atoms with van der Waals surface area (Å²) in [4.78, 5) is 19.8. The van der Waals surface area contributed by atoms with Gasteiger partial charge in [0.05, 0.1) is 30.5 Å². The molecular formula is C22H22N4O3S. The summed E-state index contributed by atoms with van der Waals surface area (Å²) in [5.74, 6) is 1.39. The standard InChI is InChI=1S/C22H22N4O3S/c1-3-29-17-7-5-16(6-8-17)21(27)26(14-13-25-12-4-11-23-25)22-24-19-10-9-18(28-2)15-20(19)30-22/h4-12,15H,3,13-14H2,1-2H3. The molecule has 0 spiro atoms. The highest BCUT2D eigenvalue weighted by atomic mass is 32.1. The lowest BCUT2D eigenvalue weighted by molar-refractivity contribution is 0.0985. The first-order valence-corrected chi connectivity index (χ1v) is 10.5. The van der Waals surface area contributed by atoms with Gasteiger partial charge in [-0.1, -0.05) is 11.3 Å². The second-order valence-electron chi connectivity index (χ2n) is 6.51. The Morgan fingerprint density at radius 1 is 1.17 bits per heavy atom. The second kappa shape index (κ2) is 8.96. The van der Waals surface area contributed by atoms with Crippen LogP contribution in [0.3, 0.4) is 0 Å². The molecule has 154 valence electrons. The molecule has 0 saturated carbocycles. The number of carbonyl (C=O) groups excluding carboxylic acids is 1. The van der Waals surface area contributed by atoms with Crippen LogP contribution in [0, 0.1) is 0 Å². The van der Waals surface area contributed by atoms with Gasteiger partial charge in [-0.15, -0.1) is 0 Å². The molecule has 0 bridgehead atoms. The summed E-state index contributed by atoms with van der Waals surface area (Å²) < 4.78 is 13.6.